The number of amides is 4. The molecule has 6 unspecified atom stereocenters. The Bertz CT molecular complexity index is 2500. The number of fused-ring (bicyclic) bond motifs is 5. The smallest absolute Gasteiger partial charge is 0.242 e. The molecular formula is C42H37ClN4O7S. The van der Waals surface area contributed by atoms with Crippen molar-refractivity contribution < 1.29 is 33.8 Å². The van der Waals surface area contributed by atoms with Crippen molar-refractivity contribution in [3.8, 4) is 27.8 Å². The molecule has 2 aliphatic carbocycles. The maximum absolute atomic E-state index is 15.3. The summed E-state index contributed by atoms with van der Waals surface area (Å²) >= 11 is 7.88. The molecule has 9 rings (SSSR count). The van der Waals surface area contributed by atoms with Crippen molar-refractivity contribution in [3.63, 3.8) is 0 Å². The highest BCUT2D eigenvalue weighted by atomic mass is 35.5. The van der Waals surface area contributed by atoms with Crippen molar-refractivity contribution in [2.24, 2.45) is 36.1 Å². The van der Waals surface area contributed by atoms with E-state index in [1.165, 1.54) is 36.2 Å². The van der Waals surface area contributed by atoms with Crippen LogP contribution in [-0.4, -0.2) is 52.7 Å². The zero-order valence-corrected chi connectivity index (χ0v) is 32.3. The van der Waals surface area contributed by atoms with Crippen molar-refractivity contribution in [2.45, 2.75) is 32.6 Å². The number of phenols is 1. The molecule has 2 aliphatic heterocycles. The average Bonchev–Trinajstić information content (AvgIpc) is 3.85. The van der Waals surface area contributed by atoms with Crippen LogP contribution in [0.2, 0.25) is 5.02 Å². The van der Waals surface area contributed by atoms with Crippen molar-refractivity contribution >= 4 is 68.2 Å². The van der Waals surface area contributed by atoms with Crippen LogP contribution in [-0.2, 0) is 26.2 Å². The summed E-state index contributed by atoms with van der Waals surface area (Å²) in [6, 6.07) is 19.3. The highest BCUT2D eigenvalue weighted by Crippen LogP contribution is 2.66. The normalized spacial score (nSPS) is 26.0. The highest BCUT2D eigenvalue weighted by Gasteiger charge is 2.68. The molecule has 3 aromatic carbocycles. The summed E-state index contributed by atoms with van der Waals surface area (Å²) < 4.78 is 14.3. The van der Waals surface area contributed by atoms with E-state index in [1.54, 1.807) is 60.3 Å². The van der Waals surface area contributed by atoms with Crippen LogP contribution in [0.25, 0.3) is 20.7 Å². The number of carbonyl (C=O) groups excluding carboxylic acids is 4. The number of rotatable bonds is 6. The number of allylic oxidation sites excluding steroid dienone is 2. The molecule has 5 aromatic rings. The summed E-state index contributed by atoms with van der Waals surface area (Å²) in [5, 5.41) is 17.1. The van der Waals surface area contributed by atoms with Gasteiger partial charge in [-0.1, -0.05) is 41.4 Å². The summed E-state index contributed by atoms with van der Waals surface area (Å²) in [4.78, 5) is 62.1. The second-order valence-corrected chi connectivity index (χ2v) is 16.5. The number of para-hydroxylation sites is 1. The molecule has 4 aliphatic rings. The largest absolute Gasteiger partial charge is 0.508 e. The number of aromatic hydroxyl groups is 1. The predicted molar refractivity (Wildman–Crippen MR) is 209 cm³/mol. The summed E-state index contributed by atoms with van der Waals surface area (Å²) in [7, 11) is 4.64. The lowest BCUT2D eigenvalue weighted by Gasteiger charge is -2.49. The number of thiophene rings is 1. The van der Waals surface area contributed by atoms with Gasteiger partial charge in [-0.2, -0.15) is 5.10 Å². The Labute approximate surface area is 325 Å². The maximum Gasteiger partial charge on any atom is 0.242 e. The second-order valence-electron chi connectivity index (χ2n) is 15.0. The lowest BCUT2D eigenvalue weighted by atomic mass is 9.51. The van der Waals surface area contributed by atoms with Gasteiger partial charge in [0.25, 0.3) is 0 Å². The minimum Gasteiger partial charge on any atom is -0.508 e. The molecular weight excluding hydrogens is 740 g/mol. The third kappa shape index (κ3) is 4.90. The summed E-state index contributed by atoms with van der Waals surface area (Å²) in [5.41, 5.74) is 1.96. The van der Waals surface area contributed by atoms with Crippen LogP contribution in [0.5, 0.6) is 17.2 Å². The number of carbonyl (C=O) groups is 4. The highest BCUT2D eigenvalue weighted by molar-refractivity contribution is 7.22. The van der Waals surface area contributed by atoms with Crippen molar-refractivity contribution in [1.82, 2.24) is 9.78 Å². The molecule has 6 atom stereocenters. The van der Waals surface area contributed by atoms with E-state index in [-0.39, 0.29) is 41.9 Å². The van der Waals surface area contributed by atoms with Gasteiger partial charge in [-0.05, 0) is 73.9 Å². The maximum atomic E-state index is 15.3. The molecule has 1 saturated carbocycles. The van der Waals surface area contributed by atoms with E-state index >= 15 is 9.59 Å². The van der Waals surface area contributed by atoms with Crippen molar-refractivity contribution in [2.75, 3.05) is 24.0 Å². The topological polar surface area (TPSA) is 131 Å². The summed E-state index contributed by atoms with van der Waals surface area (Å²) in [5.74, 6) is -4.34. The number of benzene rings is 3. The molecule has 4 heterocycles. The lowest BCUT2D eigenvalue weighted by molar-refractivity contribution is -0.131. The fourth-order valence-electron chi connectivity index (χ4n) is 9.80. The van der Waals surface area contributed by atoms with Gasteiger partial charge in [-0.15, -0.1) is 11.3 Å². The molecule has 3 fully saturated rings. The molecule has 280 valence electrons. The van der Waals surface area contributed by atoms with Gasteiger partial charge >= 0.3 is 0 Å². The fourth-order valence-corrected chi connectivity index (χ4v) is 11.1. The van der Waals surface area contributed by atoms with Crippen LogP contribution in [0.4, 0.5) is 11.5 Å². The molecule has 1 N–H and O–H groups in total. The standard InChI is InChI=1S/C42H37ClN4O7S/c1-20-26-15-21(43)11-14-32(26)55-37(20)29-19-33(45(3)44-29)47-39(50)28-18-27-24(12-13-25-34(27)40(51)46(38(25)49)22-9-7-6-8-10-22)36(42(28,2)41(47)52)35-30(53-4)16-23(48)17-31(35)54-5/h6-12,14-17,19,25,27-28,34,36,48H,13,18H2,1-5H3. The monoisotopic (exact) mass is 776 g/mol. The number of hydrogen-bond donors (Lipinski definition) is 1. The molecule has 13 heteroatoms. The van der Waals surface area contributed by atoms with E-state index in [4.69, 9.17) is 26.2 Å². The van der Waals surface area contributed by atoms with Gasteiger partial charge in [-0.3, -0.25) is 28.8 Å². The SMILES string of the molecule is COc1cc(O)cc(OC)c1C1C2=CCC3C(=O)N(c4ccccc4)C(=O)C3C2CC2C(=O)N(c3cc(-c4sc5ccc(Cl)cc5c4C)nn3C)C(=O)C21C. The van der Waals surface area contributed by atoms with Crippen LogP contribution >= 0.6 is 22.9 Å². The Balaban J connectivity index is 1.20. The van der Waals surface area contributed by atoms with E-state index in [2.05, 4.69) is 0 Å². The first kappa shape index (κ1) is 35.3. The second kappa shape index (κ2) is 12.5. The van der Waals surface area contributed by atoms with Crippen LogP contribution in [0.3, 0.4) is 0 Å². The van der Waals surface area contributed by atoms with E-state index in [9.17, 15) is 14.7 Å². The Kier molecular flexibility index (Phi) is 8.04. The van der Waals surface area contributed by atoms with Crippen LogP contribution in [0.15, 0.2) is 78.4 Å². The van der Waals surface area contributed by atoms with Crippen molar-refractivity contribution in [3.05, 3.63) is 94.5 Å². The molecule has 0 radical (unpaired) electrons. The Morgan fingerprint density at radius 3 is 2.31 bits per heavy atom. The van der Waals surface area contributed by atoms with Crippen LogP contribution < -0.4 is 19.3 Å². The number of methoxy groups -OCH3 is 2. The number of hydrogen-bond acceptors (Lipinski definition) is 9. The zero-order valence-electron chi connectivity index (χ0n) is 30.7. The number of aryl methyl sites for hydroxylation is 2. The number of imide groups is 2. The minimum absolute atomic E-state index is 0.101. The first-order chi connectivity index (χ1) is 26.4. The first-order valence-corrected chi connectivity index (χ1v) is 19.3. The van der Waals surface area contributed by atoms with Gasteiger partial charge < -0.3 is 14.6 Å². The Morgan fingerprint density at radius 2 is 1.62 bits per heavy atom. The minimum atomic E-state index is -1.39. The number of nitrogens with zero attached hydrogens (tertiary/aromatic N) is 4. The number of anilines is 2. The van der Waals surface area contributed by atoms with E-state index in [1.807, 2.05) is 37.3 Å². The molecule has 0 spiro atoms. The fraction of sp³-hybridized carbons (Fsp3) is 0.310. The van der Waals surface area contributed by atoms with E-state index in [0.29, 0.717) is 27.8 Å². The van der Waals surface area contributed by atoms with Gasteiger partial charge in [0.05, 0.1) is 48.0 Å². The summed E-state index contributed by atoms with van der Waals surface area (Å²) in [6.07, 6.45) is 2.43. The molecule has 11 nitrogen and oxygen atoms in total. The van der Waals surface area contributed by atoms with Gasteiger partial charge in [0.1, 0.15) is 28.8 Å². The van der Waals surface area contributed by atoms with Crippen LogP contribution in [0.1, 0.15) is 36.8 Å². The number of halogens is 1. The average molecular weight is 777 g/mol. The Morgan fingerprint density at radius 1 is 0.909 bits per heavy atom. The first-order valence-electron chi connectivity index (χ1n) is 18.1. The number of phenolic OH excluding ortho intramolecular Hbond substituents is 1. The van der Waals surface area contributed by atoms with E-state index < -0.39 is 46.8 Å². The zero-order chi connectivity index (χ0) is 38.7. The molecule has 2 saturated heterocycles. The molecule has 2 aromatic heterocycles. The van der Waals surface area contributed by atoms with Gasteiger partial charge in [0.2, 0.25) is 23.6 Å². The van der Waals surface area contributed by atoms with Gasteiger partial charge in [-0.25, -0.2) is 4.90 Å². The van der Waals surface area contributed by atoms with Gasteiger partial charge in [0, 0.05) is 46.5 Å². The van der Waals surface area contributed by atoms with E-state index in [0.717, 1.165) is 26.1 Å². The summed E-state index contributed by atoms with van der Waals surface area (Å²) in [6.45, 7) is 3.80. The van der Waals surface area contributed by atoms with Crippen molar-refractivity contribution in [1.29, 1.82) is 0 Å². The number of ether oxygens (including phenoxy) is 2. The number of aromatic nitrogens is 2. The quantitative estimate of drug-likeness (QED) is 0.139. The predicted octanol–water partition coefficient (Wildman–Crippen LogP) is 7.42. The Hall–Kier alpha value is -5.46. The van der Waals surface area contributed by atoms with Gasteiger partial charge in [0.15, 0.2) is 0 Å². The third-order valence-corrected chi connectivity index (χ3v) is 13.9. The molecule has 4 amide bonds. The third-order valence-electron chi connectivity index (χ3n) is 12.3. The van der Waals surface area contributed by atoms with Crippen LogP contribution in [0, 0.1) is 36.0 Å². The molecule has 0 bridgehead atoms. The molecule has 55 heavy (non-hydrogen) atoms. The lowest BCUT2D eigenvalue weighted by Crippen LogP contribution is -2.49.